The van der Waals surface area contributed by atoms with Gasteiger partial charge < -0.3 is 9.84 Å². The van der Waals surface area contributed by atoms with E-state index < -0.39 is 0 Å². The van der Waals surface area contributed by atoms with E-state index in [4.69, 9.17) is 9.72 Å². The van der Waals surface area contributed by atoms with Crippen LogP contribution in [0.1, 0.15) is 66.8 Å². The molecule has 0 spiro atoms. The Morgan fingerprint density at radius 3 is 2.41 bits per heavy atom. The standard InChI is InChI=1S/C26H35NO2/c1-9-21(23-13-18(3)15-27-25(23)20(5)29-8)24(14-26(6,7)16-28)22-12-17(2)10-11-19(22)4/h9-13,15,20,28H,1,14,16H2,2-8H3/b24-21+/t20-/m0/s1. The number of aliphatic hydroxyl groups is 1. The van der Waals surface area contributed by atoms with E-state index in [1.165, 1.54) is 22.3 Å². The topological polar surface area (TPSA) is 42.4 Å². The molecule has 156 valence electrons. The fourth-order valence-electron chi connectivity index (χ4n) is 3.56. The molecule has 0 aliphatic carbocycles. The summed E-state index contributed by atoms with van der Waals surface area (Å²) in [6.45, 7) is 16.8. The van der Waals surface area contributed by atoms with Gasteiger partial charge in [0.25, 0.3) is 0 Å². The van der Waals surface area contributed by atoms with Crippen LogP contribution in [-0.2, 0) is 4.74 Å². The third kappa shape index (κ3) is 5.43. The third-order valence-electron chi connectivity index (χ3n) is 5.41. The van der Waals surface area contributed by atoms with Crippen molar-refractivity contribution in [2.45, 2.75) is 54.1 Å². The number of rotatable bonds is 8. The van der Waals surface area contributed by atoms with Gasteiger partial charge in [-0.15, -0.1) is 0 Å². The molecule has 1 N–H and O–H groups in total. The first kappa shape index (κ1) is 23.1. The van der Waals surface area contributed by atoms with Crippen molar-refractivity contribution < 1.29 is 9.84 Å². The van der Waals surface area contributed by atoms with Crippen molar-refractivity contribution in [3.05, 3.63) is 76.6 Å². The Bertz CT molecular complexity index is 909. The molecule has 1 atom stereocenters. The van der Waals surface area contributed by atoms with Gasteiger partial charge in [0.2, 0.25) is 0 Å². The lowest BCUT2D eigenvalue weighted by Gasteiger charge is -2.27. The summed E-state index contributed by atoms with van der Waals surface area (Å²) in [6, 6.07) is 8.68. The summed E-state index contributed by atoms with van der Waals surface area (Å²) < 4.78 is 5.60. The Labute approximate surface area is 176 Å². The van der Waals surface area contributed by atoms with Crippen LogP contribution < -0.4 is 0 Å². The summed E-state index contributed by atoms with van der Waals surface area (Å²) in [7, 11) is 1.70. The molecule has 29 heavy (non-hydrogen) atoms. The molecule has 2 aromatic rings. The molecule has 0 amide bonds. The second-order valence-corrected chi connectivity index (χ2v) is 8.74. The minimum atomic E-state index is -0.260. The highest BCUT2D eigenvalue weighted by molar-refractivity contribution is 5.97. The first-order valence-corrected chi connectivity index (χ1v) is 10.2. The molecule has 2 rings (SSSR count). The largest absolute Gasteiger partial charge is 0.396 e. The van der Waals surface area contributed by atoms with Gasteiger partial charge in [-0.1, -0.05) is 50.3 Å². The van der Waals surface area contributed by atoms with Gasteiger partial charge in [0.05, 0.1) is 11.8 Å². The van der Waals surface area contributed by atoms with E-state index >= 15 is 0 Å². The second-order valence-electron chi connectivity index (χ2n) is 8.74. The zero-order chi connectivity index (χ0) is 21.8. The minimum Gasteiger partial charge on any atom is -0.396 e. The van der Waals surface area contributed by atoms with Crippen LogP contribution >= 0.6 is 0 Å². The predicted octanol–water partition coefficient (Wildman–Crippen LogP) is 6.22. The van der Waals surface area contributed by atoms with E-state index in [1.807, 2.05) is 26.1 Å². The molecule has 1 aromatic heterocycles. The first-order valence-electron chi connectivity index (χ1n) is 10.2. The molecule has 0 saturated heterocycles. The quantitative estimate of drug-likeness (QED) is 0.541. The molecule has 0 bridgehead atoms. The van der Waals surface area contributed by atoms with Crippen LogP contribution in [0.25, 0.3) is 11.1 Å². The van der Waals surface area contributed by atoms with Crippen molar-refractivity contribution in [3.63, 3.8) is 0 Å². The van der Waals surface area contributed by atoms with Crippen LogP contribution in [0.2, 0.25) is 0 Å². The Morgan fingerprint density at radius 2 is 1.83 bits per heavy atom. The number of aromatic nitrogens is 1. The molecule has 1 heterocycles. The molecular formula is C26H35NO2. The summed E-state index contributed by atoms with van der Waals surface area (Å²) >= 11 is 0. The molecule has 3 nitrogen and oxygen atoms in total. The monoisotopic (exact) mass is 393 g/mol. The maximum atomic E-state index is 9.98. The van der Waals surface area contributed by atoms with Crippen molar-refractivity contribution in [3.8, 4) is 0 Å². The lowest BCUT2D eigenvalue weighted by molar-refractivity contribution is 0.115. The van der Waals surface area contributed by atoms with Crippen LogP contribution in [0, 0.1) is 26.2 Å². The van der Waals surface area contributed by atoms with Gasteiger partial charge in [-0.3, -0.25) is 4.98 Å². The summed E-state index contributed by atoms with van der Waals surface area (Å²) in [5.41, 5.74) is 8.61. The number of methoxy groups -OCH3 is 1. The highest BCUT2D eigenvalue weighted by Gasteiger charge is 2.25. The Morgan fingerprint density at radius 1 is 1.17 bits per heavy atom. The number of hydrogen-bond acceptors (Lipinski definition) is 3. The van der Waals surface area contributed by atoms with E-state index in [0.29, 0.717) is 0 Å². The number of pyridine rings is 1. The summed E-state index contributed by atoms with van der Waals surface area (Å²) in [5, 5.41) is 9.98. The molecule has 0 fully saturated rings. The highest BCUT2D eigenvalue weighted by Crippen LogP contribution is 2.40. The molecule has 3 heteroatoms. The zero-order valence-corrected chi connectivity index (χ0v) is 19.0. The van der Waals surface area contributed by atoms with Crippen molar-refractivity contribution in [2.75, 3.05) is 13.7 Å². The van der Waals surface area contributed by atoms with Crippen LogP contribution in [-0.4, -0.2) is 23.8 Å². The van der Waals surface area contributed by atoms with Gasteiger partial charge in [-0.05, 0) is 73.4 Å². The maximum Gasteiger partial charge on any atom is 0.0969 e. The average molecular weight is 394 g/mol. The maximum absolute atomic E-state index is 9.98. The molecular weight excluding hydrogens is 358 g/mol. The third-order valence-corrected chi connectivity index (χ3v) is 5.41. The van der Waals surface area contributed by atoms with E-state index in [-0.39, 0.29) is 18.1 Å². The van der Waals surface area contributed by atoms with Crippen LogP contribution in [0.5, 0.6) is 0 Å². The number of allylic oxidation sites excluding steroid dienone is 3. The summed E-state index contributed by atoms with van der Waals surface area (Å²) in [6.07, 6.45) is 4.40. The number of ether oxygens (including phenoxy) is 1. The Kier molecular flexibility index (Phi) is 7.56. The minimum absolute atomic E-state index is 0.110. The second kappa shape index (κ2) is 9.51. The number of nitrogens with zero attached hydrogens (tertiary/aromatic N) is 1. The van der Waals surface area contributed by atoms with E-state index in [0.717, 1.165) is 28.8 Å². The summed E-state index contributed by atoms with van der Waals surface area (Å²) in [4.78, 5) is 4.69. The number of aliphatic hydroxyl groups excluding tert-OH is 1. The molecule has 0 aliphatic heterocycles. The lowest BCUT2D eigenvalue weighted by atomic mass is 9.79. The number of hydrogen-bond donors (Lipinski definition) is 1. The molecule has 0 saturated carbocycles. The highest BCUT2D eigenvalue weighted by atomic mass is 16.5. The van der Waals surface area contributed by atoms with Gasteiger partial charge in [0.15, 0.2) is 0 Å². The van der Waals surface area contributed by atoms with E-state index in [1.54, 1.807) is 7.11 Å². The van der Waals surface area contributed by atoms with E-state index in [2.05, 4.69) is 58.5 Å². The molecule has 1 aromatic carbocycles. The van der Waals surface area contributed by atoms with Crippen LogP contribution in [0.3, 0.4) is 0 Å². The van der Waals surface area contributed by atoms with Crippen LogP contribution in [0.15, 0.2) is 43.1 Å². The van der Waals surface area contributed by atoms with Crippen molar-refractivity contribution >= 4 is 11.1 Å². The van der Waals surface area contributed by atoms with Gasteiger partial charge in [0, 0.05) is 25.5 Å². The fourth-order valence-corrected chi connectivity index (χ4v) is 3.56. The molecule has 0 aliphatic rings. The van der Waals surface area contributed by atoms with Crippen molar-refractivity contribution in [2.24, 2.45) is 5.41 Å². The number of benzene rings is 1. The van der Waals surface area contributed by atoms with Crippen molar-refractivity contribution in [1.82, 2.24) is 4.98 Å². The van der Waals surface area contributed by atoms with Crippen molar-refractivity contribution in [1.29, 1.82) is 0 Å². The van der Waals surface area contributed by atoms with Gasteiger partial charge in [-0.2, -0.15) is 0 Å². The van der Waals surface area contributed by atoms with Gasteiger partial charge >= 0.3 is 0 Å². The Balaban J connectivity index is 2.89. The predicted molar refractivity (Wildman–Crippen MR) is 123 cm³/mol. The molecule has 0 unspecified atom stereocenters. The fraction of sp³-hybridized carbons (Fsp3) is 0.423. The normalized spacial score (nSPS) is 13.8. The van der Waals surface area contributed by atoms with Gasteiger partial charge in [-0.25, -0.2) is 0 Å². The lowest BCUT2D eigenvalue weighted by Crippen LogP contribution is -2.18. The molecule has 0 radical (unpaired) electrons. The zero-order valence-electron chi connectivity index (χ0n) is 19.0. The SMILES string of the molecule is C=C/C(=C(/CC(C)(C)CO)c1cc(C)ccc1C)c1cc(C)cnc1[C@H](C)OC. The van der Waals surface area contributed by atoms with Crippen LogP contribution in [0.4, 0.5) is 0 Å². The Hall–Kier alpha value is -2.23. The van der Waals surface area contributed by atoms with E-state index in [9.17, 15) is 5.11 Å². The summed E-state index contributed by atoms with van der Waals surface area (Å²) in [5.74, 6) is 0. The van der Waals surface area contributed by atoms with Gasteiger partial charge in [0.1, 0.15) is 0 Å². The number of aryl methyl sites for hydroxylation is 3. The smallest absolute Gasteiger partial charge is 0.0969 e. The average Bonchev–Trinajstić information content (AvgIpc) is 2.69. The first-order chi connectivity index (χ1) is 13.6.